The first kappa shape index (κ1) is 39.5. The predicted molar refractivity (Wildman–Crippen MR) is 278 cm³/mol. The normalized spacial score (nSPS) is 18.3. The Morgan fingerprint density at radius 3 is 1.68 bits per heavy atom. The lowest BCUT2D eigenvalue weighted by atomic mass is 9.80. The van der Waals surface area contributed by atoms with E-state index in [-0.39, 0.29) is 11.5 Å². The van der Waals surface area contributed by atoms with E-state index in [4.69, 9.17) is 0 Å². The molecule has 0 amide bonds. The van der Waals surface area contributed by atoms with Crippen LogP contribution in [0.1, 0.15) is 31.7 Å². The average Bonchev–Trinajstić information content (AvgIpc) is 3.84. The lowest BCUT2D eigenvalue weighted by Crippen LogP contribution is -2.44. The first-order chi connectivity index (χ1) is 32.5. The van der Waals surface area contributed by atoms with Gasteiger partial charge in [0, 0.05) is 67.9 Å². The Morgan fingerprint density at radius 1 is 0.500 bits per heavy atom. The third-order valence-corrected chi connectivity index (χ3v) is 13.9. The van der Waals surface area contributed by atoms with Crippen LogP contribution in [0.25, 0.3) is 38.6 Å². The van der Waals surface area contributed by atoms with Crippen molar-refractivity contribution in [3.8, 4) is 16.8 Å². The lowest BCUT2D eigenvalue weighted by molar-refractivity contribution is 0.528. The molecule has 0 radical (unpaired) electrons. The van der Waals surface area contributed by atoms with E-state index in [2.05, 4.69) is 276 Å². The third kappa shape index (κ3) is 6.68. The Balaban J connectivity index is 0.895. The molecule has 8 aromatic carbocycles. The van der Waals surface area contributed by atoms with Gasteiger partial charge in [0.1, 0.15) is 0 Å². The number of nitrogens with zero attached hydrogens (tertiary/aromatic N) is 4. The molecule has 1 aliphatic heterocycles. The van der Waals surface area contributed by atoms with Crippen LogP contribution in [0.3, 0.4) is 0 Å². The maximum atomic E-state index is 2.58. The highest BCUT2D eigenvalue weighted by Gasteiger charge is 2.47. The molecule has 2 heterocycles. The van der Waals surface area contributed by atoms with Crippen molar-refractivity contribution in [2.24, 2.45) is 5.92 Å². The van der Waals surface area contributed by atoms with Crippen molar-refractivity contribution in [1.29, 1.82) is 0 Å². The topological polar surface area (TPSA) is 14.7 Å². The Labute approximate surface area is 387 Å². The van der Waals surface area contributed by atoms with Crippen LogP contribution in [-0.2, 0) is 0 Å². The van der Waals surface area contributed by atoms with Gasteiger partial charge in [-0.1, -0.05) is 153 Å². The molecule has 9 aromatic rings. The summed E-state index contributed by atoms with van der Waals surface area (Å²) >= 11 is 0. The standard InChI is InChI=1S/C62H50N4/c1-44-25-31-52(32-26-44)66-61-43-54(38-40-57(61)58-23-14-15-41-62(58,66)2)64(48-18-8-4-9-19-48)51-35-29-46(30-36-51)45-27-33-50(34-28-45)63(47-16-6-3-7-17-47)53-37-39-56-55-22-12-13-24-59(55)65(60(56)42-53)49-20-10-5-11-21-49/h3-25,27-44,58H,26H2,1-2H3/t44?,58-,62?/m0/s1. The summed E-state index contributed by atoms with van der Waals surface area (Å²) in [5, 5.41) is 2.48. The maximum absolute atomic E-state index is 2.58. The van der Waals surface area contributed by atoms with Crippen molar-refractivity contribution < 1.29 is 0 Å². The number of benzene rings is 8. The number of para-hydroxylation sites is 4. The first-order valence-corrected chi connectivity index (χ1v) is 23.2. The van der Waals surface area contributed by atoms with Crippen LogP contribution in [0.2, 0.25) is 0 Å². The smallest absolute Gasteiger partial charge is 0.0712 e. The fraction of sp³-hybridized carbons (Fsp3) is 0.0968. The molecular weight excluding hydrogens is 801 g/mol. The highest BCUT2D eigenvalue weighted by atomic mass is 15.2. The summed E-state index contributed by atoms with van der Waals surface area (Å²) < 4.78 is 2.39. The van der Waals surface area contributed by atoms with E-state index in [9.17, 15) is 0 Å². The second-order valence-corrected chi connectivity index (χ2v) is 18.1. The summed E-state index contributed by atoms with van der Waals surface area (Å²) in [6.45, 7) is 4.68. The minimum Gasteiger partial charge on any atom is -0.331 e. The molecule has 3 aliphatic rings. The zero-order chi connectivity index (χ0) is 44.2. The van der Waals surface area contributed by atoms with Crippen LogP contribution < -0.4 is 14.7 Å². The van der Waals surface area contributed by atoms with Gasteiger partial charge in [-0.15, -0.1) is 0 Å². The molecule has 0 saturated carbocycles. The van der Waals surface area contributed by atoms with Crippen molar-refractivity contribution in [1.82, 2.24) is 4.57 Å². The molecule has 1 aromatic heterocycles. The predicted octanol–water partition coefficient (Wildman–Crippen LogP) is 16.7. The van der Waals surface area contributed by atoms with Crippen LogP contribution in [0.15, 0.2) is 248 Å². The van der Waals surface area contributed by atoms with Gasteiger partial charge in [-0.25, -0.2) is 0 Å². The van der Waals surface area contributed by atoms with Crippen LogP contribution in [0.4, 0.5) is 39.8 Å². The van der Waals surface area contributed by atoms with E-state index in [1.165, 1.54) is 44.3 Å². The zero-order valence-corrected chi connectivity index (χ0v) is 37.2. The number of aromatic nitrogens is 1. The summed E-state index contributed by atoms with van der Waals surface area (Å²) in [5.41, 5.74) is 16.2. The van der Waals surface area contributed by atoms with E-state index in [1.54, 1.807) is 0 Å². The molecule has 0 fully saturated rings. The number of allylic oxidation sites excluding steroid dienone is 5. The van der Waals surface area contributed by atoms with Gasteiger partial charge >= 0.3 is 0 Å². The average molecular weight is 851 g/mol. The third-order valence-electron chi connectivity index (χ3n) is 13.9. The zero-order valence-electron chi connectivity index (χ0n) is 37.2. The number of hydrogen-bond acceptors (Lipinski definition) is 3. The minimum absolute atomic E-state index is 0.184. The monoisotopic (exact) mass is 850 g/mol. The largest absolute Gasteiger partial charge is 0.331 e. The fourth-order valence-electron chi connectivity index (χ4n) is 10.7. The first-order valence-electron chi connectivity index (χ1n) is 23.2. The Kier molecular flexibility index (Phi) is 9.68. The van der Waals surface area contributed by atoms with Crippen molar-refractivity contribution in [2.75, 3.05) is 14.7 Å². The number of rotatable bonds is 9. The summed E-state index contributed by atoms with van der Waals surface area (Å²) in [4.78, 5) is 7.33. The van der Waals surface area contributed by atoms with E-state index < -0.39 is 0 Å². The molecule has 2 aliphatic carbocycles. The van der Waals surface area contributed by atoms with Gasteiger partial charge in [-0.2, -0.15) is 0 Å². The summed E-state index contributed by atoms with van der Waals surface area (Å²) in [6.07, 6.45) is 17.3. The Bertz CT molecular complexity index is 3360. The van der Waals surface area contributed by atoms with Crippen LogP contribution in [0, 0.1) is 5.92 Å². The number of hydrogen-bond donors (Lipinski definition) is 0. The van der Waals surface area contributed by atoms with E-state index >= 15 is 0 Å². The van der Waals surface area contributed by atoms with Gasteiger partial charge in [0.15, 0.2) is 0 Å². The fourth-order valence-corrected chi connectivity index (χ4v) is 10.7. The minimum atomic E-state index is -0.184. The van der Waals surface area contributed by atoms with Gasteiger partial charge in [0.2, 0.25) is 0 Å². The summed E-state index contributed by atoms with van der Waals surface area (Å²) in [7, 11) is 0. The van der Waals surface area contributed by atoms with Gasteiger partial charge in [-0.3, -0.25) is 0 Å². The molecule has 0 N–H and O–H groups in total. The molecule has 0 spiro atoms. The highest BCUT2D eigenvalue weighted by Crippen LogP contribution is 2.54. The second-order valence-electron chi connectivity index (χ2n) is 18.1. The van der Waals surface area contributed by atoms with Crippen LogP contribution >= 0.6 is 0 Å². The van der Waals surface area contributed by atoms with Gasteiger partial charge in [0.05, 0.1) is 16.6 Å². The number of fused-ring (bicyclic) bond motifs is 6. The number of anilines is 7. The molecule has 12 rings (SSSR count). The van der Waals surface area contributed by atoms with Gasteiger partial charge < -0.3 is 19.3 Å². The Hall–Kier alpha value is -8.08. The molecule has 4 nitrogen and oxygen atoms in total. The quantitative estimate of drug-likeness (QED) is 0.144. The second kappa shape index (κ2) is 16.2. The summed E-state index contributed by atoms with van der Waals surface area (Å²) in [5.74, 6) is 0.819. The van der Waals surface area contributed by atoms with E-state index in [0.29, 0.717) is 5.92 Å². The van der Waals surface area contributed by atoms with Crippen molar-refractivity contribution in [3.05, 3.63) is 254 Å². The molecule has 66 heavy (non-hydrogen) atoms. The molecule has 318 valence electrons. The Morgan fingerprint density at radius 2 is 1.05 bits per heavy atom. The molecule has 0 bridgehead atoms. The SMILES string of the molecule is CC1C=CC(N2c3cc(N(c4ccccc4)c4ccc(-c5ccc(N(c6ccccc6)c6ccc7c8ccccc8n(-c8ccccc8)c7c6)cc5)cc4)ccc3[C@@H]3C=CC=CC32C)=CC1. The van der Waals surface area contributed by atoms with Crippen molar-refractivity contribution in [2.45, 2.75) is 31.7 Å². The molecule has 2 unspecified atom stereocenters. The highest BCUT2D eigenvalue weighted by molar-refractivity contribution is 6.10. The van der Waals surface area contributed by atoms with Crippen molar-refractivity contribution in [3.63, 3.8) is 0 Å². The van der Waals surface area contributed by atoms with Gasteiger partial charge in [0.25, 0.3) is 0 Å². The summed E-state index contributed by atoms with van der Waals surface area (Å²) in [6, 6.07) is 72.8. The van der Waals surface area contributed by atoms with Gasteiger partial charge in [-0.05, 0) is 133 Å². The van der Waals surface area contributed by atoms with Crippen LogP contribution in [0.5, 0.6) is 0 Å². The molecule has 0 saturated heterocycles. The molecule has 3 atom stereocenters. The van der Waals surface area contributed by atoms with E-state index in [0.717, 1.165) is 51.8 Å². The van der Waals surface area contributed by atoms with Crippen molar-refractivity contribution >= 4 is 61.6 Å². The lowest BCUT2D eigenvalue weighted by Gasteiger charge is -2.40. The molecule has 4 heteroatoms. The maximum Gasteiger partial charge on any atom is 0.0712 e. The van der Waals surface area contributed by atoms with E-state index in [1.807, 2.05) is 0 Å². The van der Waals surface area contributed by atoms with Crippen LogP contribution in [-0.4, -0.2) is 10.1 Å². The molecular formula is C62H50N4.